The lowest BCUT2D eigenvalue weighted by molar-refractivity contribution is 0.0321. The highest BCUT2D eigenvalue weighted by Gasteiger charge is 2.46. The highest BCUT2D eigenvalue weighted by molar-refractivity contribution is 7.99. The van der Waals surface area contributed by atoms with Gasteiger partial charge in [-0.05, 0) is 30.5 Å². The van der Waals surface area contributed by atoms with E-state index in [2.05, 4.69) is 33.4 Å². The molecule has 0 amide bonds. The van der Waals surface area contributed by atoms with Crippen molar-refractivity contribution >= 4 is 23.1 Å². The Hall–Kier alpha value is -2.16. The third-order valence-electron chi connectivity index (χ3n) is 5.49. The molecule has 3 heterocycles. The van der Waals surface area contributed by atoms with Crippen LogP contribution in [0.2, 0.25) is 0 Å². The first-order valence-corrected chi connectivity index (χ1v) is 11.0. The summed E-state index contributed by atoms with van der Waals surface area (Å²) in [7, 11) is 3.75. The molecule has 2 aliphatic rings. The van der Waals surface area contributed by atoms with E-state index >= 15 is 0 Å². The summed E-state index contributed by atoms with van der Waals surface area (Å²) in [6, 6.07) is 9.99. The third-order valence-corrected chi connectivity index (χ3v) is 6.67. The Morgan fingerprint density at radius 2 is 2.07 bits per heavy atom. The van der Waals surface area contributed by atoms with Gasteiger partial charge in [-0.15, -0.1) is 11.8 Å². The number of nitrogens with one attached hydrogen (secondary N) is 1. The van der Waals surface area contributed by atoms with E-state index in [1.54, 1.807) is 18.9 Å². The topological polar surface area (TPSA) is 59.1 Å². The number of hydrogen-bond donors (Lipinski definition) is 1. The van der Waals surface area contributed by atoms with Crippen LogP contribution in [0.3, 0.4) is 0 Å². The van der Waals surface area contributed by atoms with Crippen LogP contribution < -0.4 is 19.7 Å². The molecule has 2 aliphatic heterocycles. The van der Waals surface area contributed by atoms with E-state index in [0.29, 0.717) is 6.61 Å². The quantitative estimate of drug-likeness (QED) is 0.740. The van der Waals surface area contributed by atoms with Crippen molar-refractivity contribution < 1.29 is 14.2 Å². The summed E-state index contributed by atoms with van der Waals surface area (Å²) < 4.78 is 17.4. The molecule has 0 spiro atoms. The number of hydrogen-bond acceptors (Lipinski definition) is 8. The first-order valence-electron chi connectivity index (χ1n) is 9.82. The van der Waals surface area contributed by atoms with E-state index in [1.807, 2.05) is 36.5 Å². The molecular formula is C21H28N4O3S. The molecule has 1 saturated heterocycles. The van der Waals surface area contributed by atoms with Gasteiger partial charge in [0.05, 0.1) is 31.7 Å². The van der Waals surface area contributed by atoms with E-state index in [9.17, 15) is 0 Å². The Bertz CT molecular complexity index is 832. The van der Waals surface area contributed by atoms with Crippen LogP contribution in [0.25, 0.3) is 0 Å². The molecule has 7 nitrogen and oxygen atoms in total. The summed E-state index contributed by atoms with van der Waals surface area (Å²) in [4.78, 5) is 8.67. The van der Waals surface area contributed by atoms with Crippen LogP contribution in [-0.2, 0) is 9.73 Å². The van der Waals surface area contributed by atoms with Crippen molar-refractivity contribution in [1.82, 2.24) is 9.88 Å². The van der Waals surface area contributed by atoms with Crippen LogP contribution in [0, 0.1) is 0 Å². The molecule has 1 aromatic carbocycles. The maximum absolute atomic E-state index is 6.30. The van der Waals surface area contributed by atoms with Gasteiger partial charge in [0, 0.05) is 32.9 Å². The summed E-state index contributed by atoms with van der Waals surface area (Å²) in [6.07, 6.45) is 3.91. The molecule has 4 rings (SSSR count). The number of methoxy groups -OCH3 is 1. The van der Waals surface area contributed by atoms with Gasteiger partial charge in [-0.2, -0.15) is 0 Å². The van der Waals surface area contributed by atoms with E-state index in [-0.39, 0.29) is 0 Å². The van der Waals surface area contributed by atoms with Crippen molar-refractivity contribution in [1.29, 1.82) is 0 Å². The molecule has 0 saturated carbocycles. The fourth-order valence-corrected chi connectivity index (χ4v) is 4.81. The minimum absolute atomic E-state index is 0.502. The Morgan fingerprint density at radius 1 is 1.24 bits per heavy atom. The van der Waals surface area contributed by atoms with Gasteiger partial charge in [0.15, 0.2) is 11.5 Å². The molecule has 29 heavy (non-hydrogen) atoms. The first kappa shape index (κ1) is 20.1. The number of nitrogens with zero attached hydrogens (tertiary/aromatic N) is 3. The minimum Gasteiger partial charge on any atom is -0.493 e. The molecule has 1 unspecified atom stereocenters. The van der Waals surface area contributed by atoms with Crippen molar-refractivity contribution in [2.24, 2.45) is 0 Å². The summed E-state index contributed by atoms with van der Waals surface area (Å²) in [6.45, 7) is 4.93. The Morgan fingerprint density at radius 3 is 2.76 bits per heavy atom. The van der Waals surface area contributed by atoms with Crippen LogP contribution in [0.4, 0.5) is 11.4 Å². The van der Waals surface area contributed by atoms with Crippen molar-refractivity contribution in [3.63, 3.8) is 0 Å². The number of fused-ring (bicyclic) bond motifs is 1. The van der Waals surface area contributed by atoms with E-state index < -0.39 is 4.99 Å². The molecule has 1 atom stereocenters. The second-order valence-corrected chi connectivity index (χ2v) is 8.04. The summed E-state index contributed by atoms with van der Waals surface area (Å²) in [5.74, 6) is 1.50. The van der Waals surface area contributed by atoms with Gasteiger partial charge >= 0.3 is 0 Å². The number of thioether (sulfide) groups is 1. The van der Waals surface area contributed by atoms with E-state index in [4.69, 9.17) is 14.2 Å². The average molecular weight is 417 g/mol. The number of aromatic nitrogens is 1. The zero-order valence-electron chi connectivity index (χ0n) is 17.2. The number of ether oxygens (including phenoxy) is 3. The molecule has 0 aliphatic carbocycles. The van der Waals surface area contributed by atoms with Gasteiger partial charge in [-0.25, -0.2) is 0 Å². The van der Waals surface area contributed by atoms with Crippen LogP contribution in [0.15, 0.2) is 36.5 Å². The summed E-state index contributed by atoms with van der Waals surface area (Å²) >= 11 is 1.70. The fraction of sp³-hybridized carbons (Fsp3) is 0.476. The molecule has 2 aromatic rings. The fourth-order valence-electron chi connectivity index (χ4n) is 3.90. The molecule has 1 aromatic heterocycles. The molecule has 1 N–H and O–H groups in total. The monoisotopic (exact) mass is 416 g/mol. The van der Waals surface area contributed by atoms with Crippen LogP contribution in [0.5, 0.6) is 11.5 Å². The van der Waals surface area contributed by atoms with Crippen molar-refractivity contribution in [3.8, 4) is 11.5 Å². The standard InChI is InChI=1S/C21H28N4O3S/c1-24-19-16(23-21(24,29-3)18-6-4-5-9-22-18)7-8-17(26-2)20(19)28-15-12-25-10-13-27-14-11-25/h4-9,23H,10-15H2,1-3H3. The number of pyridine rings is 1. The van der Waals surface area contributed by atoms with Crippen molar-refractivity contribution in [3.05, 3.63) is 42.2 Å². The Labute approximate surface area is 176 Å². The lowest BCUT2D eigenvalue weighted by Gasteiger charge is -2.35. The number of anilines is 2. The lowest BCUT2D eigenvalue weighted by Crippen LogP contribution is -2.43. The molecular weight excluding hydrogens is 388 g/mol. The average Bonchev–Trinajstić information content (AvgIpc) is 3.08. The number of rotatable bonds is 7. The van der Waals surface area contributed by atoms with Crippen molar-refractivity contribution in [2.75, 3.05) is 70.1 Å². The van der Waals surface area contributed by atoms with E-state index in [0.717, 1.165) is 61.4 Å². The molecule has 156 valence electrons. The van der Waals surface area contributed by atoms with E-state index in [1.165, 1.54) is 0 Å². The molecule has 1 fully saturated rings. The van der Waals surface area contributed by atoms with Gasteiger partial charge in [0.1, 0.15) is 12.3 Å². The normalized spacial score (nSPS) is 21.6. The van der Waals surface area contributed by atoms with Crippen LogP contribution >= 0.6 is 11.8 Å². The van der Waals surface area contributed by atoms with Gasteiger partial charge in [0.25, 0.3) is 0 Å². The Kier molecular flexibility index (Phi) is 6.03. The summed E-state index contributed by atoms with van der Waals surface area (Å²) in [5, 5.41) is 3.66. The third kappa shape index (κ3) is 3.72. The predicted molar refractivity (Wildman–Crippen MR) is 117 cm³/mol. The van der Waals surface area contributed by atoms with Gasteiger partial charge in [-0.1, -0.05) is 6.07 Å². The lowest BCUT2D eigenvalue weighted by atomic mass is 10.2. The van der Waals surface area contributed by atoms with Gasteiger partial charge < -0.3 is 24.4 Å². The zero-order chi connectivity index (χ0) is 20.3. The summed E-state index contributed by atoms with van der Waals surface area (Å²) in [5.41, 5.74) is 2.95. The molecule has 0 bridgehead atoms. The molecule has 8 heteroatoms. The highest BCUT2D eigenvalue weighted by atomic mass is 32.2. The highest BCUT2D eigenvalue weighted by Crippen LogP contribution is 2.55. The van der Waals surface area contributed by atoms with Gasteiger partial charge in [-0.3, -0.25) is 9.88 Å². The Balaban J connectivity index is 1.61. The largest absolute Gasteiger partial charge is 0.493 e. The number of morpholine rings is 1. The first-order chi connectivity index (χ1) is 14.2. The second-order valence-electron chi connectivity index (χ2n) is 7.04. The minimum atomic E-state index is -0.502. The van der Waals surface area contributed by atoms with Gasteiger partial charge in [0.2, 0.25) is 4.99 Å². The van der Waals surface area contributed by atoms with Crippen LogP contribution in [0.1, 0.15) is 5.69 Å². The number of benzene rings is 1. The molecule has 0 radical (unpaired) electrons. The predicted octanol–water partition coefficient (Wildman–Crippen LogP) is 2.84. The maximum atomic E-state index is 6.30. The smallest absolute Gasteiger partial charge is 0.203 e. The zero-order valence-corrected chi connectivity index (χ0v) is 18.0. The van der Waals surface area contributed by atoms with Crippen molar-refractivity contribution in [2.45, 2.75) is 4.99 Å². The second kappa shape index (κ2) is 8.69. The van der Waals surface area contributed by atoms with Crippen LogP contribution in [-0.4, -0.2) is 69.8 Å². The SMILES string of the molecule is COc1ccc2c(c1OCCN1CCOCC1)N(C)C(SC)(c1ccccn1)N2. The maximum Gasteiger partial charge on any atom is 0.203 e.